The van der Waals surface area contributed by atoms with E-state index in [0.29, 0.717) is 17.9 Å². The fourth-order valence-electron chi connectivity index (χ4n) is 4.15. The molecule has 7 heteroatoms. The van der Waals surface area contributed by atoms with Crippen LogP contribution in [0, 0.1) is 6.92 Å². The number of hydrogen-bond acceptors (Lipinski definition) is 5. The second kappa shape index (κ2) is 8.67. The number of nitrogens with zero attached hydrogens (tertiary/aromatic N) is 5. The first-order chi connectivity index (χ1) is 15.3. The molecule has 0 amide bonds. The number of aromatic amines is 1. The summed E-state index contributed by atoms with van der Waals surface area (Å²) in [5.41, 5.74) is 3.26. The van der Waals surface area contributed by atoms with Gasteiger partial charge in [0.2, 0.25) is 0 Å². The van der Waals surface area contributed by atoms with Crippen molar-refractivity contribution in [3.8, 4) is 0 Å². The van der Waals surface area contributed by atoms with Gasteiger partial charge in [-0.1, -0.05) is 55.5 Å². The number of H-pyrrole nitrogens is 1. The molecule has 0 aliphatic heterocycles. The lowest BCUT2D eigenvalue weighted by molar-refractivity contribution is 0.202. The van der Waals surface area contributed by atoms with Gasteiger partial charge in [-0.2, -0.15) is 0 Å². The highest BCUT2D eigenvalue weighted by molar-refractivity contribution is 5.82. The van der Waals surface area contributed by atoms with Crippen LogP contribution in [-0.2, 0) is 12.1 Å². The normalized spacial score (nSPS) is 13.1. The van der Waals surface area contributed by atoms with Crippen LogP contribution in [0.15, 0.2) is 59.4 Å². The Hall–Kier alpha value is -3.32. The fraction of sp³-hybridized carbons (Fsp3) is 0.360. The third-order valence-electron chi connectivity index (χ3n) is 5.78. The van der Waals surface area contributed by atoms with Crippen LogP contribution in [0.2, 0.25) is 0 Å². The Morgan fingerprint density at radius 3 is 2.53 bits per heavy atom. The average Bonchev–Trinajstić information content (AvgIpc) is 3.25. The van der Waals surface area contributed by atoms with Gasteiger partial charge in [-0.3, -0.25) is 9.69 Å². The molecule has 0 saturated heterocycles. The topological polar surface area (TPSA) is 79.7 Å². The van der Waals surface area contributed by atoms with E-state index in [1.54, 1.807) is 0 Å². The van der Waals surface area contributed by atoms with Gasteiger partial charge in [0.15, 0.2) is 5.82 Å². The molecule has 2 aromatic heterocycles. The molecule has 7 nitrogen and oxygen atoms in total. The molecule has 0 aliphatic rings. The average molecular weight is 431 g/mol. The highest BCUT2D eigenvalue weighted by Crippen LogP contribution is 2.30. The summed E-state index contributed by atoms with van der Waals surface area (Å²) in [4.78, 5) is 18.8. The molecule has 2 aromatic carbocycles. The number of benzene rings is 2. The SMILES string of the molecule is CCN(Cc1ccccc1)[C@@H](c1cc2cccc(C)c2[nH]c1=O)c1nnnn1C(C)(C)C. The van der Waals surface area contributed by atoms with E-state index in [4.69, 9.17) is 0 Å². The number of nitrogens with one attached hydrogen (secondary N) is 1. The van der Waals surface area contributed by atoms with Crippen molar-refractivity contribution in [2.24, 2.45) is 0 Å². The number of fused-ring (bicyclic) bond motifs is 1. The Bertz CT molecular complexity index is 1270. The molecule has 2 heterocycles. The van der Waals surface area contributed by atoms with Crippen LogP contribution in [0.1, 0.15) is 56.3 Å². The maximum absolute atomic E-state index is 13.4. The number of para-hydroxylation sites is 1. The van der Waals surface area contributed by atoms with Crippen molar-refractivity contribution in [2.75, 3.05) is 6.54 Å². The minimum absolute atomic E-state index is 0.119. The zero-order valence-electron chi connectivity index (χ0n) is 19.3. The monoisotopic (exact) mass is 430 g/mol. The second-order valence-corrected chi connectivity index (χ2v) is 9.16. The van der Waals surface area contributed by atoms with Crippen molar-refractivity contribution < 1.29 is 0 Å². The van der Waals surface area contributed by atoms with Gasteiger partial charge in [0.05, 0.1) is 11.1 Å². The Labute approximate surface area is 188 Å². The van der Waals surface area contributed by atoms with Crippen molar-refractivity contribution in [3.05, 3.63) is 87.5 Å². The van der Waals surface area contributed by atoms with E-state index in [-0.39, 0.29) is 11.1 Å². The molecule has 0 unspecified atom stereocenters. The minimum atomic E-state index is -0.400. The maximum Gasteiger partial charge on any atom is 0.253 e. The van der Waals surface area contributed by atoms with Crippen molar-refractivity contribution >= 4 is 10.9 Å². The zero-order valence-corrected chi connectivity index (χ0v) is 19.3. The molecular formula is C25H30N6O. The molecule has 1 N–H and O–H groups in total. The van der Waals surface area contributed by atoms with Crippen molar-refractivity contribution in [2.45, 2.75) is 52.7 Å². The predicted octanol–water partition coefficient (Wildman–Crippen LogP) is 4.19. The third kappa shape index (κ3) is 4.21. The van der Waals surface area contributed by atoms with Crippen molar-refractivity contribution in [1.29, 1.82) is 0 Å². The number of pyridine rings is 1. The Morgan fingerprint density at radius 2 is 1.84 bits per heavy atom. The summed E-state index contributed by atoms with van der Waals surface area (Å²) in [5.74, 6) is 0.660. The van der Waals surface area contributed by atoms with Crippen molar-refractivity contribution in [3.63, 3.8) is 0 Å². The van der Waals surface area contributed by atoms with Gasteiger partial charge in [-0.05, 0) is 67.2 Å². The second-order valence-electron chi connectivity index (χ2n) is 9.16. The summed E-state index contributed by atoms with van der Waals surface area (Å²) < 4.78 is 1.82. The van der Waals surface area contributed by atoms with E-state index in [1.165, 1.54) is 5.56 Å². The summed E-state index contributed by atoms with van der Waals surface area (Å²) in [5, 5.41) is 13.7. The van der Waals surface area contributed by atoms with Crippen LogP contribution >= 0.6 is 0 Å². The maximum atomic E-state index is 13.4. The van der Waals surface area contributed by atoms with Crippen LogP contribution in [0.5, 0.6) is 0 Å². The van der Waals surface area contributed by atoms with Crippen LogP contribution in [0.4, 0.5) is 0 Å². The molecule has 4 rings (SSSR count). The smallest absolute Gasteiger partial charge is 0.253 e. The van der Waals surface area contributed by atoms with Gasteiger partial charge in [-0.15, -0.1) is 5.10 Å². The fourth-order valence-corrected chi connectivity index (χ4v) is 4.15. The number of tetrazole rings is 1. The lowest BCUT2D eigenvalue weighted by Gasteiger charge is -2.32. The molecular weight excluding hydrogens is 400 g/mol. The predicted molar refractivity (Wildman–Crippen MR) is 126 cm³/mol. The van der Waals surface area contributed by atoms with Gasteiger partial charge in [0.25, 0.3) is 5.56 Å². The van der Waals surface area contributed by atoms with E-state index in [1.807, 2.05) is 54.1 Å². The lowest BCUT2D eigenvalue weighted by Crippen LogP contribution is -2.37. The molecule has 0 radical (unpaired) electrons. The van der Waals surface area contributed by atoms with Crippen LogP contribution in [-0.4, -0.2) is 36.6 Å². The standard InChI is InChI=1S/C25H30N6O/c1-6-30(16-18-12-8-7-9-13-18)22(23-27-28-29-31(23)25(3,4)5)20-15-19-14-10-11-17(2)21(19)26-24(20)32/h7-15,22H,6,16H2,1-5H3,(H,26,32)/t22-/m0/s1. The van der Waals surface area contributed by atoms with E-state index in [0.717, 1.165) is 23.0 Å². The number of hydrogen-bond donors (Lipinski definition) is 1. The number of rotatable bonds is 6. The summed E-state index contributed by atoms with van der Waals surface area (Å²) in [6.45, 7) is 11.7. The van der Waals surface area contributed by atoms with Crippen LogP contribution in [0.25, 0.3) is 10.9 Å². The van der Waals surface area contributed by atoms with E-state index in [9.17, 15) is 4.79 Å². The molecule has 0 saturated carbocycles. The number of aryl methyl sites for hydroxylation is 1. The van der Waals surface area contributed by atoms with E-state index >= 15 is 0 Å². The highest BCUT2D eigenvalue weighted by Gasteiger charge is 2.32. The Balaban J connectivity index is 1.92. The molecule has 0 fully saturated rings. The summed E-state index contributed by atoms with van der Waals surface area (Å²) in [6, 6.07) is 17.9. The lowest BCUT2D eigenvalue weighted by atomic mass is 10.00. The number of aromatic nitrogens is 5. The first-order valence-corrected chi connectivity index (χ1v) is 11.0. The first kappa shape index (κ1) is 21.9. The van der Waals surface area contributed by atoms with Gasteiger partial charge < -0.3 is 4.98 Å². The molecule has 166 valence electrons. The van der Waals surface area contributed by atoms with Gasteiger partial charge >= 0.3 is 0 Å². The quantitative estimate of drug-likeness (QED) is 0.496. The molecule has 0 bridgehead atoms. The van der Waals surface area contributed by atoms with Gasteiger partial charge in [0, 0.05) is 12.1 Å². The summed E-state index contributed by atoms with van der Waals surface area (Å²) in [6.07, 6.45) is 0. The molecule has 32 heavy (non-hydrogen) atoms. The van der Waals surface area contributed by atoms with E-state index < -0.39 is 6.04 Å². The first-order valence-electron chi connectivity index (χ1n) is 11.0. The van der Waals surface area contributed by atoms with Gasteiger partial charge in [0.1, 0.15) is 6.04 Å². The van der Waals surface area contributed by atoms with Crippen molar-refractivity contribution in [1.82, 2.24) is 30.1 Å². The van der Waals surface area contributed by atoms with Crippen LogP contribution in [0.3, 0.4) is 0 Å². The van der Waals surface area contributed by atoms with Crippen LogP contribution < -0.4 is 5.56 Å². The minimum Gasteiger partial charge on any atom is -0.321 e. The highest BCUT2D eigenvalue weighted by atomic mass is 16.1. The third-order valence-corrected chi connectivity index (χ3v) is 5.78. The molecule has 1 atom stereocenters. The Kier molecular flexibility index (Phi) is 5.93. The molecule has 4 aromatic rings. The largest absolute Gasteiger partial charge is 0.321 e. The summed E-state index contributed by atoms with van der Waals surface area (Å²) in [7, 11) is 0. The zero-order chi connectivity index (χ0) is 22.9. The molecule has 0 aliphatic carbocycles. The Morgan fingerprint density at radius 1 is 1.09 bits per heavy atom. The summed E-state index contributed by atoms with van der Waals surface area (Å²) >= 11 is 0. The van der Waals surface area contributed by atoms with E-state index in [2.05, 4.69) is 65.2 Å². The molecule has 0 spiro atoms. The van der Waals surface area contributed by atoms with Gasteiger partial charge in [-0.25, -0.2) is 4.68 Å².